The molecule has 1 aromatic carbocycles. The van der Waals surface area contributed by atoms with Gasteiger partial charge in [0.2, 0.25) is 10.0 Å². The number of ether oxygens (including phenoxy) is 2. The van der Waals surface area contributed by atoms with Crippen LogP contribution in [-0.2, 0) is 29.1 Å². The average Bonchev–Trinajstić information content (AvgIpc) is 2.65. The molecular formula is C18H22FN3O7S. The number of halogens is 1. The second kappa shape index (κ2) is 9.67. The second-order valence-corrected chi connectivity index (χ2v) is 8.00. The van der Waals surface area contributed by atoms with Crippen LogP contribution in [0.5, 0.6) is 0 Å². The van der Waals surface area contributed by atoms with Crippen molar-refractivity contribution in [1.82, 2.24) is 15.4 Å². The van der Waals surface area contributed by atoms with Gasteiger partial charge in [0.25, 0.3) is 0 Å². The van der Waals surface area contributed by atoms with Crippen molar-refractivity contribution in [3.8, 4) is 0 Å². The van der Waals surface area contributed by atoms with E-state index in [-0.39, 0.29) is 17.9 Å². The Balaban J connectivity index is 2.11. The third kappa shape index (κ3) is 5.54. The number of urea groups is 1. The number of hydrogen-bond donors (Lipinski definition) is 3. The van der Waals surface area contributed by atoms with Gasteiger partial charge >= 0.3 is 18.0 Å². The third-order valence-electron chi connectivity index (χ3n) is 4.04. The largest absolute Gasteiger partial charge is 0.463 e. The summed E-state index contributed by atoms with van der Waals surface area (Å²) in [4.78, 5) is 35.5. The van der Waals surface area contributed by atoms with Crippen molar-refractivity contribution in [2.45, 2.75) is 37.8 Å². The lowest BCUT2D eigenvalue weighted by molar-refractivity contribution is -0.145. The van der Waals surface area contributed by atoms with Crippen molar-refractivity contribution in [2.24, 2.45) is 0 Å². The number of nitrogens with one attached hydrogen (secondary N) is 3. The molecule has 1 aliphatic heterocycles. The molecule has 2 amide bonds. The van der Waals surface area contributed by atoms with Crippen LogP contribution in [-0.4, -0.2) is 51.7 Å². The molecule has 2 rings (SSSR count). The molecule has 10 nitrogen and oxygen atoms in total. The van der Waals surface area contributed by atoms with Gasteiger partial charge in [0.05, 0.1) is 23.9 Å². The number of sulfonamides is 1. The van der Waals surface area contributed by atoms with Gasteiger partial charge in [0.15, 0.2) is 0 Å². The monoisotopic (exact) mass is 443 g/mol. The van der Waals surface area contributed by atoms with Crippen LogP contribution in [0.3, 0.4) is 0 Å². The summed E-state index contributed by atoms with van der Waals surface area (Å²) in [6, 6.07) is 2.04. The summed E-state index contributed by atoms with van der Waals surface area (Å²) < 4.78 is 50.3. The van der Waals surface area contributed by atoms with E-state index in [1.807, 2.05) is 4.72 Å². The minimum atomic E-state index is -4.32. The van der Waals surface area contributed by atoms with Gasteiger partial charge in [-0.25, -0.2) is 22.4 Å². The van der Waals surface area contributed by atoms with Crippen LogP contribution in [0.15, 0.2) is 40.4 Å². The highest BCUT2D eigenvalue weighted by atomic mass is 32.2. The fourth-order valence-electron chi connectivity index (χ4n) is 2.67. The lowest BCUT2D eigenvalue weighted by Crippen LogP contribution is -2.50. The first-order valence-electron chi connectivity index (χ1n) is 8.98. The molecule has 0 radical (unpaired) electrons. The van der Waals surface area contributed by atoms with E-state index in [2.05, 4.69) is 10.6 Å². The van der Waals surface area contributed by atoms with Crippen LogP contribution in [0.25, 0.3) is 0 Å². The lowest BCUT2D eigenvalue weighted by Gasteiger charge is -2.26. The van der Waals surface area contributed by atoms with Crippen LogP contribution < -0.4 is 15.4 Å². The number of carbonyl (C=O) groups excluding carboxylic acids is 3. The van der Waals surface area contributed by atoms with Gasteiger partial charge in [-0.15, -0.1) is 0 Å². The van der Waals surface area contributed by atoms with Crippen LogP contribution >= 0.6 is 0 Å². The molecule has 0 aromatic heterocycles. The van der Waals surface area contributed by atoms with E-state index >= 15 is 0 Å². The molecule has 0 spiro atoms. The number of esters is 2. The molecule has 12 heteroatoms. The molecule has 2 atom stereocenters. The van der Waals surface area contributed by atoms with Crippen molar-refractivity contribution < 1.29 is 36.7 Å². The molecule has 0 aliphatic carbocycles. The van der Waals surface area contributed by atoms with Crippen LogP contribution in [0.1, 0.15) is 20.8 Å². The molecule has 1 heterocycles. The highest BCUT2D eigenvalue weighted by Gasteiger charge is 2.31. The normalized spacial score (nSPS) is 17.6. The highest BCUT2D eigenvalue weighted by Crippen LogP contribution is 2.16. The maximum absolute atomic E-state index is 13.8. The number of carbonyl (C=O) groups is 3. The molecule has 0 fully saturated rings. The van der Waals surface area contributed by atoms with Gasteiger partial charge in [-0.2, -0.15) is 4.72 Å². The molecule has 0 saturated heterocycles. The molecule has 0 bridgehead atoms. The summed E-state index contributed by atoms with van der Waals surface area (Å²) in [5.74, 6) is -2.66. The van der Waals surface area contributed by atoms with Gasteiger partial charge in [0, 0.05) is 0 Å². The molecule has 30 heavy (non-hydrogen) atoms. The summed E-state index contributed by atoms with van der Waals surface area (Å²) in [5, 5.41) is 4.86. The van der Waals surface area contributed by atoms with Gasteiger partial charge in [-0.05, 0) is 32.9 Å². The Morgan fingerprint density at radius 3 is 2.57 bits per heavy atom. The summed E-state index contributed by atoms with van der Waals surface area (Å²) in [5.41, 5.74) is 0.0889. The fraction of sp³-hybridized carbons (Fsp3) is 0.389. The summed E-state index contributed by atoms with van der Waals surface area (Å²) in [6.07, 6.45) is 0. The fourth-order valence-corrected chi connectivity index (χ4v) is 3.94. The molecule has 3 N–H and O–H groups in total. The topological polar surface area (TPSA) is 140 Å². The summed E-state index contributed by atoms with van der Waals surface area (Å²) >= 11 is 0. The zero-order chi connectivity index (χ0) is 22.5. The maximum atomic E-state index is 13.8. The predicted octanol–water partition coefficient (Wildman–Crippen LogP) is 0.554. The Labute approximate surface area is 172 Å². The van der Waals surface area contributed by atoms with Crippen LogP contribution in [0.2, 0.25) is 0 Å². The minimum absolute atomic E-state index is 0.0159. The second-order valence-electron chi connectivity index (χ2n) is 6.31. The van der Waals surface area contributed by atoms with Gasteiger partial charge in [-0.3, -0.25) is 4.79 Å². The van der Waals surface area contributed by atoms with E-state index in [4.69, 9.17) is 9.47 Å². The number of rotatable bonds is 8. The molecule has 1 aliphatic rings. The highest BCUT2D eigenvalue weighted by molar-refractivity contribution is 7.89. The van der Waals surface area contributed by atoms with E-state index in [9.17, 15) is 27.2 Å². The van der Waals surface area contributed by atoms with Crippen LogP contribution in [0, 0.1) is 5.82 Å². The Morgan fingerprint density at radius 1 is 1.27 bits per heavy atom. The van der Waals surface area contributed by atoms with E-state index in [1.54, 1.807) is 13.8 Å². The molecular weight excluding hydrogens is 421 g/mol. The van der Waals surface area contributed by atoms with Crippen molar-refractivity contribution in [2.75, 3.05) is 13.2 Å². The minimum Gasteiger partial charge on any atom is -0.463 e. The smallest absolute Gasteiger partial charge is 0.338 e. The number of hydrogen-bond acceptors (Lipinski definition) is 7. The first-order valence-corrected chi connectivity index (χ1v) is 10.5. The molecule has 0 saturated carbocycles. The number of benzene rings is 1. The zero-order valence-electron chi connectivity index (χ0n) is 16.5. The van der Waals surface area contributed by atoms with E-state index in [0.29, 0.717) is 0 Å². The van der Waals surface area contributed by atoms with Gasteiger partial charge in [-0.1, -0.05) is 12.1 Å². The third-order valence-corrected chi connectivity index (χ3v) is 5.61. The van der Waals surface area contributed by atoms with Crippen molar-refractivity contribution >= 4 is 28.0 Å². The van der Waals surface area contributed by atoms with E-state index < -0.39 is 57.4 Å². The quantitative estimate of drug-likeness (QED) is 0.499. The number of amides is 2. The van der Waals surface area contributed by atoms with Gasteiger partial charge in [0.1, 0.15) is 23.4 Å². The Morgan fingerprint density at radius 2 is 1.93 bits per heavy atom. The first kappa shape index (κ1) is 23.3. The lowest BCUT2D eigenvalue weighted by atomic mass is 10.0. The van der Waals surface area contributed by atoms with Crippen molar-refractivity contribution in [1.29, 1.82) is 0 Å². The predicted molar refractivity (Wildman–Crippen MR) is 102 cm³/mol. The summed E-state index contributed by atoms with van der Waals surface area (Å²) in [7, 11) is -4.32. The average molecular weight is 443 g/mol. The van der Waals surface area contributed by atoms with E-state index in [0.717, 1.165) is 12.1 Å². The molecule has 1 aromatic rings. The Kier molecular flexibility index (Phi) is 7.51. The van der Waals surface area contributed by atoms with Crippen molar-refractivity contribution in [3.63, 3.8) is 0 Å². The summed E-state index contributed by atoms with van der Waals surface area (Å²) in [6.45, 7) is 3.98. The first-order chi connectivity index (χ1) is 14.1. The standard InChI is InChI=1S/C18H22FN3O7S/c1-4-28-17(24)15-10(2)20-18(25)21-13(15)9-29-16(23)11(3)22-30(26,27)14-8-6-5-7-12(14)19/h5-8,10-11,22H,4,9H2,1-3H3,(H2,20,21,25)/t10?,11-/m0/s1. The Bertz CT molecular complexity index is 978. The van der Waals surface area contributed by atoms with E-state index in [1.165, 1.54) is 19.1 Å². The molecule has 164 valence electrons. The molecule has 1 unspecified atom stereocenters. The van der Waals surface area contributed by atoms with Crippen molar-refractivity contribution in [3.05, 3.63) is 41.4 Å². The Hall–Kier alpha value is -2.99. The van der Waals surface area contributed by atoms with Gasteiger partial charge < -0.3 is 20.1 Å². The zero-order valence-corrected chi connectivity index (χ0v) is 17.3. The SMILES string of the molecule is CCOC(=O)C1=C(COC(=O)[C@H](C)NS(=O)(=O)c2ccccc2F)NC(=O)NC1C. The maximum Gasteiger partial charge on any atom is 0.338 e. The van der Waals surface area contributed by atoms with Crippen LogP contribution in [0.4, 0.5) is 9.18 Å².